The summed E-state index contributed by atoms with van der Waals surface area (Å²) < 4.78 is 0. The number of carbonyl (C=O) groups is 1. The molecule has 1 unspecified atom stereocenters. The van der Waals surface area contributed by atoms with E-state index in [1.54, 1.807) is 6.92 Å². The summed E-state index contributed by atoms with van der Waals surface area (Å²) in [6.45, 7) is 9.59. The summed E-state index contributed by atoms with van der Waals surface area (Å²) in [6.07, 6.45) is 0.936. The molecular formula is C11H21N3O. The molecule has 0 aliphatic carbocycles. The van der Waals surface area contributed by atoms with Gasteiger partial charge < -0.3 is 10.2 Å². The zero-order valence-corrected chi connectivity index (χ0v) is 9.92. The van der Waals surface area contributed by atoms with E-state index in [9.17, 15) is 4.79 Å². The summed E-state index contributed by atoms with van der Waals surface area (Å²) >= 11 is 0. The first-order valence-electron chi connectivity index (χ1n) is 5.55. The number of hydrogen-bond donors (Lipinski definition) is 1. The second-order valence-electron chi connectivity index (χ2n) is 3.52. The summed E-state index contributed by atoms with van der Waals surface area (Å²) in [5.41, 5.74) is 0. The second kappa shape index (κ2) is 8.25. The van der Waals surface area contributed by atoms with Crippen LogP contribution in [0.15, 0.2) is 0 Å². The molecule has 0 saturated carbocycles. The quantitative estimate of drug-likeness (QED) is 0.639. The molecule has 4 heteroatoms. The van der Waals surface area contributed by atoms with E-state index in [0.29, 0.717) is 6.54 Å². The first kappa shape index (κ1) is 13.9. The van der Waals surface area contributed by atoms with Gasteiger partial charge in [-0.1, -0.05) is 13.8 Å². The molecule has 1 atom stereocenters. The van der Waals surface area contributed by atoms with E-state index in [-0.39, 0.29) is 5.91 Å². The van der Waals surface area contributed by atoms with Crippen LogP contribution in [0.4, 0.5) is 0 Å². The molecule has 4 nitrogen and oxygen atoms in total. The van der Waals surface area contributed by atoms with Crippen LogP contribution >= 0.6 is 0 Å². The minimum absolute atomic E-state index is 0.169. The van der Waals surface area contributed by atoms with Crippen molar-refractivity contribution in [1.82, 2.24) is 10.2 Å². The number of hydrogen-bond acceptors (Lipinski definition) is 3. The van der Waals surface area contributed by atoms with Crippen LogP contribution in [0, 0.1) is 17.2 Å². The van der Waals surface area contributed by atoms with Crippen molar-refractivity contribution in [2.45, 2.75) is 27.2 Å². The molecular weight excluding hydrogens is 190 g/mol. The summed E-state index contributed by atoms with van der Waals surface area (Å²) in [4.78, 5) is 13.5. The third-order valence-electron chi connectivity index (χ3n) is 2.43. The highest BCUT2D eigenvalue weighted by Crippen LogP contribution is 1.92. The maximum Gasteiger partial charge on any atom is 0.237 e. The Labute approximate surface area is 92.3 Å². The van der Waals surface area contributed by atoms with Crippen molar-refractivity contribution >= 4 is 5.91 Å². The van der Waals surface area contributed by atoms with Crippen molar-refractivity contribution in [3.05, 3.63) is 0 Å². The number of amides is 1. The Morgan fingerprint density at radius 3 is 2.53 bits per heavy atom. The van der Waals surface area contributed by atoms with Crippen molar-refractivity contribution in [2.24, 2.45) is 5.92 Å². The third-order valence-corrected chi connectivity index (χ3v) is 2.43. The van der Waals surface area contributed by atoms with E-state index in [4.69, 9.17) is 5.26 Å². The van der Waals surface area contributed by atoms with Crippen molar-refractivity contribution in [3.63, 3.8) is 0 Å². The first-order valence-corrected chi connectivity index (χ1v) is 5.55. The van der Waals surface area contributed by atoms with Crippen LogP contribution in [0.1, 0.15) is 27.2 Å². The molecule has 0 radical (unpaired) electrons. The molecule has 0 saturated heterocycles. The molecule has 0 bridgehead atoms. The highest BCUT2D eigenvalue weighted by atomic mass is 16.1. The summed E-state index contributed by atoms with van der Waals surface area (Å²) in [6, 6.07) is 1.91. The number of nitrogens with zero attached hydrogens (tertiary/aromatic N) is 2. The van der Waals surface area contributed by atoms with Gasteiger partial charge in [0.15, 0.2) is 0 Å². The minimum atomic E-state index is -0.543. The van der Waals surface area contributed by atoms with E-state index in [0.717, 1.165) is 26.1 Å². The molecule has 15 heavy (non-hydrogen) atoms. The summed E-state index contributed by atoms with van der Waals surface area (Å²) in [5, 5.41) is 11.3. The molecule has 0 rings (SSSR count). The van der Waals surface area contributed by atoms with Gasteiger partial charge in [-0.25, -0.2) is 0 Å². The fraction of sp³-hybridized carbons (Fsp3) is 0.818. The monoisotopic (exact) mass is 211 g/mol. The highest BCUT2D eigenvalue weighted by molar-refractivity contribution is 5.80. The van der Waals surface area contributed by atoms with Crippen molar-refractivity contribution in [2.75, 3.05) is 26.2 Å². The van der Waals surface area contributed by atoms with Crippen LogP contribution in [0.5, 0.6) is 0 Å². The lowest BCUT2D eigenvalue weighted by molar-refractivity contribution is -0.122. The van der Waals surface area contributed by atoms with Crippen LogP contribution in [0.2, 0.25) is 0 Å². The molecule has 0 fully saturated rings. The lowest BCUT2D eigenvalue weighted by atomic mass is 10.2. The smallest absolute Gasteiger partial charge is 0.237 e. The van der Waals surface area contributed by atoms with Gasteiger partial charge >= 0.3 is 0 Å². The SMILES string of the molecule is CCN(CC)CCCNC(=O)C(C)C#N. The summed E-state index contributed by atoms with van der Waals surface area (Å²) in [7, 11) is 0. The van der Waals surface area contributed by atoms with E-state index in [2.05, 4.69) is 24.1 Å². The van der Waals surface area contributed by atoms with Gasteiger partial charge in [-0.05, 0) is 33.0 Å². The van der Waals surface area contributed by atoms with Gasteiger partial charge in [-0.15, -0.1) is 0 Å². The van der Waals surface area contributed by atoms with E-state index in [1.165, 1.54) is 0 Å². The molecule has 0 aliphatic rings. The molecule has 0 aromatic rings. The predicted octanol–water partition coefficient (Wildman–Crippen LogP) is 0.994. The zero-order chi connectivity index (χ0) is 11.7. The Hall–Kier alpha value is -1.08. The van der Waals surface area contributed by atoms with Gasteiger partial charge in [0.25, 0.3) is 0 Å². The Bertz CT molecular complexity index is 218. The number of rotatable bonds is 7. The average molecular weight is 211 g/mol. The molecule has 0 spiro atoms. The standard InChI is InChI=1S/C11H21N3O/c1-4-14(5-2)8-6-7-13-11(15)10(3)9-12/h10H,4-8H2,1-3H3,(H,13,15). The van der Waals surface area contributed by atoms with Gasteiger partial charge in [-0.3, -0.25) is 4.79 Å². The normalized spacial score (nSPS) is 12.2. The Kier molecular flexibility index (Phi) is 7.65. The van der Waals surface area contributed by atoms with E-state index >= 15 is 0 Å². The first-order chi connectivity index (χ1) is 7.15. The number of carbonyl (C=O) groups excluding carboxylic acids is 1. The molecule has 0 aromatic heterocycles. The largest absolute Gasteiger partial charge is 0.355 e. The van der Waals surface area contributed by atoms with Gasteiger partial charge in [0.1, 0.15) is 5.92 Å². The van der Waals surface area contributed by atoms with Crippen molar-refractivity contribution in [3.8, 4) is 6.07 Å². The number of nitriles is 1. The lowest BCUT2D eigenvalue weighted by Crippen LogP contribution is -2.32. The van der Waals surface area contributed by atoms with Crippen LogP contribution in [0.3, 0.4) is 0 Å². The number of nitrogens with one attached hydrogen (secondary N) is 1. The van der Waals surface area contributed by atoms with E-state index < -0.39 is 5.92 Å². The van der Waals surface area contributed by atoms with Gasteiger partial charge in [0.05, 0.1) is 6.07 Å². The Morgan fingerprint density at radius 1 is 1.47 bits per heavy atom. The fourth-order valence-electron chi connectivity index (χ4n) is 1.27. The third kappa shape index (κ3) is 6.08. The van der Waals surface area contributed by atoms with Crippen LogP contribution in [-0.4, -0.2) is 37.0 Å². The molecule has 0 heterocycles. The molecule has 1 N–H and O–H groups in total. The van der Waals surface area contributed by atoms with Crippen LogP contribution < -0.4 is 5.32 Å². The topological polar surface area (TPSA) is 56.1 Å². The van der Waals surface area contributed by atoms with Gasteiger partial charge in [-0.2, -0.15) is 5.26 Å². The minimum Gasteiger partial charge on any atom is -0.355 e. The fourth-order valence-corrected chi connectivity index (χ4v) is 1.27. The van der Waals surface area contributed by atoms with Crippen molar-refractivity contribution in [1.29, 1.82) is 5.26 Å². The van der Waals surface area contributed by atoms with Crippen LogP contribution in [-0.2, 0) is 4.79 Å². The van der Waals surface area contributed by atoms with Gasteiger partial charge in [0.2, 0.25) is 5.91 Å². The maximum absolute atomic E-state index is 11.2. The molecule has 86 valence electrons. The zero-order valence-electron chi connectivity index (χ0n) is 9.92. The van der Waals surface area contributed by atoms with Gasteiger partial charge in [0, 0.05) is 6.54 Å². The molecule has 1 amide bonds. The lowest BCUT2D eigenvalue weighted by Gasteiger charge is -2.17. The Balaban J connectivity index is 3.55. The van der Waals surface area contributed by atoms with Crippen molar-refractivity contribution < 1.29 is 4.79 Å². The molecule has 0 aromatic carbocycles. The highest BCUT2D eigenvalue weighted by Gasteiger charge is 2.09. The van der Waals surface area contributed by atoms with Crippen LogP contribution in [0.25, 0.3) is 0 Å². The maximum atomic E-state index is 11.2. The summed E-state index contributed by atoms with van der Waals surface area (Å²) in [5.74, 6) is -0.712. The average Bonchev–Trinajstić information content (AvgIpc) is 2.27. The second-order valence-corrected chi connectivity index (χ2v) is 3.52. The predicted molar refractivity (Wildman–Crippen MR) is 60.2 cm³/mol. The Morgan fingerprint density at radius 2 is 2.07 bits per heavy atom. The van der Waals surface area contributed by atoms with E-state index in [1.807, 2.05) is 6.07 Å². The molecule has 0 aliphatic heterocycles.